The van der Waals surface area contributed by atoms with Crippen molar-refractivity contribution in [3.8, 4) is 17.6 Å². The molecule has 0 unspecified atom stereocenters. The van der Waals surface area contributed by atoms with Gasteiger partial charge in [0.1, 0.15) is 22.4 Å². The van der Waals surface area contributed by atoms with Crippen LogP contribution in [0.25, 0.3) is 6.08 Å². The van der Waals surface area contributed by atoms with Gasteiger partial charge in [0.05, 0.1) is 11.6 Å². The lowest BCUT2D eigenvalue weighted by molar-refractivity contribution is -0.114. The number of nitrogens with one attached hydrogen (secondary N) is 2. The van der Waals surface area contributed by atoms with Gasteiger partial charge in [-0.25, -0.2) is 4.39 Å². The zero-order valence-electron chi connectivity index (χ0n) is 19.4. The molecule has 190 valence electrons. The second-order valence-electron chi connectivity index (χ2n) is 7.41. The van der Waals surface area contributed by atoms with Gasteiger partial charge in [-0.15, -0.1) is 0 Å². The Morgan fingerprint density at radius 1 is 1.03 bits per heavy atom. The number of halogens is 2. The SMILES string of the molecule is COc1cc(/C=C(\C#N)C(=O)Nc2ccc(F)cc2)cc(Br)c1OS(=O)(=O)c1ccc(NC(C)=O)cc1. The van der Waals surface area contributed by atoms with Crippen LogP contribution in [0.3, 0.4) is 0 Å². The first-order valence-corrected chi connectivity index (χ1v) is 12.6. The molecule has 0 aliphatic rings. The van der Waals surface area contributed by atoms with Gasteiger partial charge < -0.3 is 19.6 Å². The van der Waals surface area contributed by atoms with Crippen molar-refractivity contribution < 1.29 is 31.3 Å². The third kappa shape index (κ3) is 7.16. The number of benzene rings is 3. The molecule has 3 rings (SSSR count). The Bertz CT molecular complexity index is 1520. The first kappa shape index (κ1) is 27.4. The molecule has 0 saturated carbocycles. The highest BCUT2D eigenvalue weighted by Gasteiger charge is 2.22. The molecule has 0 radical (unpaired) electrons. The minimum Gasteiger partial charge on any atom is -0.493 e. The second kappa shape index (κ2) is 11.7. The van der Waals surface area contributed by atoms with Gasteiger partial charge >= 0.3 is 10.1 Å². The molecule has 0 aliphatic heterocycles. The quantitative estimate of drug-likeness (QED) is 0.218. The average molecular weight is 588 g/mol. The Hall–Kier alpha value is -4.21. The molecular formula is C25H19BrFN3O6S. The van der Waals surface area contributed by atoms with Gasteiger partial charge in [0.15, 0.2) is 11.5 Å². The van der Waals surface area contributed by atoms with Crippen molar-refractivity contribution in [3.63, 3.8) is 0 Å². The summed E-state index contributed by atoms with van der Waals surface area (Å²) in [5, 5.41) is 14.5. The average Bonchev–Trinajstić information content (AvgIpc) is 2.85. The lowest BCUT2D eigenvalue weighted by atomic mass is 10.1. The fourth-order valence-corrected chi connectivity index (χ4v) is 4.62. The van der Waals surface area contributed by atoms with Crippen LogP contribution >= 0.6 is 15.9 Å². The van der Waals surface area contributed by atoms with E-state index >= 15 is 0 Å². The van der Waals surface area contributed by atoms with Gasteiger partial charge in [0.2, 0.25) is 5.91 Å². The number of methoxy groups -OCH3 is 1. The molecule has 0 heterocycles. The van der Waals surface area contributed by atoms with E-state index in [4.69, 9.17) is 8.92 Å². The highest BCUT2D eigenvalue weighted by molar-refractivity contribution is 9.10. The van der Waals surface area contributed by atoms with Crippen LogP contribution in [0.15, 0.2) is 75.6 Å². The molecule has 9 nitrogen and oxygen atoms in total. The molecule has 0 fully saturated rings. The van der Waals surface area contributed by atoms with E-state index in [1.807, 2.05) is 0 Å². The standard InChI is InChI=1S/C25H19BrFN3O6S/c1-15(31)29-19-7-9-21(10-8-19)37(33,34)36-24-22(26)12-16(13-23(24)35-2)11-17(14-28)25(32)30-20-5-3-18(27)4-6-20/h3-13H,1-2H3,(H,29,31)(H,30,32)/b17-11+. The van der Waals surface area contributed by atoms with Crippen LogP contribution in [0.2, 0.25) is 0 Å². The predicted octanol–water partition coefficient (Wildman–Crippen LogP) is 4.87. The second-order valence-corrected chi connectivity index (χ2v) is 9.81. The molecule has 3 aromatic carbocycles. The monoisotopic (exact) mass is 587 g/mol. The van der Waals surface area contributed by atoms with Crippen LogP contribution in [0.5, 0.6) is 11.5 Å². The highest BCUT2D eigenvalue weighted by atomic mass is 79.9. The van der Waals surface area contributed by atoms with Crippen molar-refractivity contribution in [2.24, 2.45) is 0 Å². The molecule has 0 aromatic heterocycles. The molecule has 12 heteroatoms. The summed E-state index contributed by atoms with van der Waals surface area (Å²) in [5.74, 6) is -1.65. The normalized spacial score (nSPS) is 11.3. The zero-order chi connectivity index (χ0) is 27.2. The Balaban J connectivity index is 1.87. The van der Waals surface area contributed by atoms with E-state index in [9.17, 15) is 27.7 Å². The van der Waals surface area contributed by atoms with Crippen molar-refractivity contribution in [2.45, 2.75) is 11.8 Å². The predicted molar refractivity (Wildman–Crippen MR) is 138 cm³/mol. The van der Waals surface area contributed by atoms with E-state index in [1.165, 1.54) is 68.6 Å². The van der Waals surface area contributed by atoms with Crippen LogP contribution in [0, 0.1) is 17.1 Å². The third-order valence-electron chi connectivity index (χ3n) is 4.69. The molecule has 37 heavy (non-hydrogen) atoms. The van der Waals surface area contributed by atoms with Crippen molar-refractivity contribution in [1.82, 2.24) is 0 Å². The highest BCUT2D eigenvalue weighted by Crippen LogP contribution is 2.39. The zero-order valence-corrected chi connectivity index (χ0v) is 21.8. The maximum absolute atomic E-state index is 13.1. The lowest BCUT2D eigenvalue weighted by Crippen LogP contribution is -2.13. The molecule has 2 amide bonds. The van der Waals surface area contributed by atoms with Crippen LogP contribution in [-0.4, -0.2) is 27.3 Å². The fourth-order valence-electron chi connectivity index (χ4n) is 3.02. The number of anilines is 2. The van der Waals surface area contributed by atoms with Crippen LogP contribution in [0.1, 0.15) is 12.5 Å². The summed E-state index contributed by atoms with van der Waals surface area (Å²) in [6.07, 6.45) is 1.27. The van der Waals surface area contributed by atoms with Gasteiger partial charge in [-0.05, 0) is 88.2 Å². The largest absolute Gasteiger partial charge is 0.493 e. The number of carbonyl (C=O) groups is 2. The van der Waals surface area contributed by atoms with Gasteiger partial charge in [0.25, 0.3) is 5.91 Å². The van der Waals surface area contributed by atoms with Gasteiger partial charge in [-0.2, -0.15) is 13.7 Å². The lowest BCUT2D eigenvalue weighted by Gasteiger charge is -2.14. The molecule has 0 saturated heterocycles. The Morgan fingerprint density at radius 3 is 2.19 bits per heavy atom. The van der Waals surface area contributed by atoms with E-state index in [-0.39, 0.29) is 32.3 Å². The molecule has 0 atom stereocenters. The number of carbonyl (C=O) groups excluding carboxylic acids is 2. The molecule has 3 aromatic rings. The van der Waals surface area contributed by atoms with Gasteiger partial charge in [-0.1, -0.05) is 0 Å². The Labute approximate surface area is 220 Å². The number of amides is 2. The number of nitriles is 1. The minimum absolute atomic E-state index is 0.00954. The summed E-state index contributed by atoms with van der Waals surface area (Å²) in [6, 6.07) is 15.0. The van der Waals surface area contributed by atoms with Crippen LogP contribution < -0.4 is 19.6 Å². The van der Waals surface area contributed by atoms with Crippen molar-refractivity contribution >= 4 is 55.3 Å². The number of hydrogen-bond donors (Lipinski definition) is 2. The summed E-state index contributed by atoms with van der Waals surface area (Å²) in [6.45, 7) is 1.33. The molecule has 2 N–H and O–H groups in total. The number of rotatable bonds is 8. The molecule has 0 aliphatic carbocycles. The molecule has 0 spiro atoms. The fraction of sp³-hybridized carbons (Fsp3) is 0.0800. The van der Waals surface area contributed by atoms with Crippen LogP contribution in [-0.2, 0) is 19.7 Å². The first-order valence-electron chi connectivity index (χ1n) is 10.4. The maximum atomic E-state index is 13.1. The number of ether oxygens (including phenoxy) is 1. The first-order chi connectivity index (χ1) is 17.5. The topological polar surface area (TPSA) is 135 Å². The summed E-state index contributed by atoms with van der Waals surface area (Å²) >= 11 is 3.25. The Kier molecular flexibility index (Phi) is 8.65. The van der Waals surface area contributed by atoms with Gasteiger partial charge in [0, 0.05) is 18.3 Å². The van der Waals surface area contributed by atoms with Gasteiger partial charge in [-0.3, -0.25) is 9.59 Å². The molecule has 0 bridgehead atoms. The van der Waals surface area contributed by atoms with E-state index in [1.54, 1.807) is 6.07 Å². The number of nitrogens with zero attached hydrogens (tertiary/aromatic N) is 1. The number of hydrogen-bond acceptors (Lipinski definition) is 7. The summed E-state index contributed by atoms with van der Waals surface area (Å²) < 4.78 is 49.5. The van der Waals surface area contributed by atoms with Crippen LogP contribution in [0.4, 0.5) is 15.8 Å². The van der Waals surface area contributed by atoms with E-state index < -0.39 is 21.8 Å². The van der Waals surface area contributed by atoms with E-state index in [2.05, 4.69) is 26.6 Å². The maximum Gasteiger partial charge on any atom is 0.339 e. The van der Waals surface area contributed by atoms with Crippen molar-refractivity contribution in [2.75, 3.05) is 17.7 Å². The molecular weight excluding hydrogens is 569 g/mol. The Morgan fingerprint density at radius 2 is 1.62 bits per heavy atom. The van der Waals surface area contributed by atoms with E-state index in [0.717, 1.165) is 12.1 Å². The van der Waals surface area contributed by atoms with Crippen molar-refractivity contribution in [3.05, 3.63) is 82.1 Å². The summed E-state index contributed by atoms with van der Waals surface area (Å²) in [7, 11) is -2.99. The summed E-state index contributed by atoms with van der Waals surface area (Å²) in [5.41, 5.74) is 0.779. The smallest absolute Gasteiger partial charge is 0.339 e. The van der Waals surface area contributed by atoms with E-state index in [0.29, 0.717) is 16.9 Å². The third-order valence-corrected chi connectivity index (χ3v) is 6.51. The summed E-state index contributed by atoms with van der Waals surface area (Å²) in [4.78, 5) is 23.5. The van der Waals surface area contributed by atoms with Crippen molar-refractivity contribution in [1.29, 1.82) is 5.26 Å². The minimum atomic E-state index is -4.29.